The summed E-state index contributed by atoms with van der Waals surface area (Å²) < 4.78 is 27.0. The van der Waals surface area contributed by atoms with Gasteiger partial charge in [0.15, 0.2) is 5.78 Å². The average molecular weight is 371 g/mol. The minimum Gasteiger partial charge on any atom is -0.481 e. The molecule has 0 amide bonds. The van der Waals surface area contributed by atoms with E-state index in [1.807, 2.05) is 25.1 Å². The fraction of sp³-hybridized carbons (Fsp3) is 0.238. The van der Waals surface area contributed by atoms with Gasteiger partial charge in [-0.1, -0.05) is 25.5 Å². The van der Waals surface area contributed by atoms with Gasteiger partial charge in [-0.15, -0.1) is 0 Å². The van der Waals surface area contributed by atoms with Crippen molar-refractivity contribution < 1.29 is 23.5 Å². The number of aromatic nitrogens is 1. The van der Waals surface area contributed by atoms with Crippen LogP contribution in [0.2, 0.25) is 0 Å². The summed E-state index contributed by atoms with van der Waals surface area (Å²) in [4.78, 5) is 27.5. The Kier molecular flexibility index (Phi) is 5.35. The zero-order chi connectivity index (χ0) is 19.6. The number of fused-ring (bicyclic) bond motifs is 1. The maximum atomic E-state index is 13.9. The Morgan fingerprint density at radius 2 is 1.96 bits per heavy atom. The van der Waals surface area contributed by atoms with Gasteiger partial charge in [0.1, 0.15) is 11.6 Å². The van der Waals surface area contributed by atoms with Crippen LogP contribution in [0, 0.1) is 11.6 Å². The first-order valence-electron chi connectivity index (χ1n) is 8.72. The number of carbonyl (C=O) groups is 2. The van der Waals surface area contributed by atoms with Crippen molar-refractivity contribution in [2.75, 3.05) is 0 Å². The zero-order valence-corrected chi connectivity index (χ0v) is 14.8. The van der Waals surface area contributed by atoms with Crippen LogP contribution in [0.3, 0.4) is 0 Å². The van der Waals surface area contributed by atoms with E-state index >= 15 is 0 Å². The van der Waals surface area contributed by atoms with Crippen molar-refractivity contribution in [1.29, 1.82) is 0 Å². The van der Waals surface area contributed by atoms with Gasteiger partial charge < -0.3 is 10.1 Å². The van der Waals surface area contributed by atoms with Crippen molar-refractivity contribution >= 4 is 22.7 Å². The van der Waals surface area contributed by atoms with Crippen LogP contribution in [0.1, 0.15) is 47.2 Å². The molecular weight excluding hydrogens is 352 g/mol. The lowest BCUT2D eigenvalue weighted by Gasteiger charge is -2.13. The number of aliphatic carboxylic acids is 1. The summed E-state index contributed by atoms with van der Waals surface area (Å²) in [5.41, 5.74) is 1.98. The van der Waals surface area contributed by atoms with Gasteiger partial charge in [0, 0.05) is 29.6 Å². The number of carboxylic acid groups (broad SMARTS) is 1. The molecule has 1 atom stereocenters. The Morgan fingerprint density at radius 1 is 1.19 bits per heavy atom. The number of ketones is 1. The molecule has 0 fully saturated rings. The summed E-state index contributed by atoms with van der Waals surface area (Å²) in [6, 6.07) is 8.32. The molecule has 0 aliphatic carbocycles. The highest BCUT2D eigenvalue weighted by molar-refractivity contribution is 6.01. The van der Waals surface area contributed by atoms with Crippen molar-refractivity contribution in [3.63, 3.8) is 0 Å². The second kappa shape index (κ2) is 7.70. The molecule has 0 aliphatic rings. The van der Waals surface area contributed by atoms with Gasteiger partial charge in [-0.25, -0.2) is 8.78 Å². The van der Waals surface area contributed by atoms with Gasteiger partial charge in [-0.2, -0.15) is 0 Å². The summed E-state index contributed by atoms with van der Waals surface area (Å²) >= 11 is 0. The summed E-state index contributed by atoms with van der Waals surface area (Å²) in [6.07, 6.45) is 2.85. The first-order valence-corrected chi connectivity index (χ1v) is 8.72. The van der Waals surface area contributed by atoms with Crippen molar-refractivity contribution in [3.8, 4) is 0 Å². The lowest BCUT2D eigenvalue weighted by molar-refractivity contribution is -0.138. The number of H-pyrrole nitrogens is 1. The smallest absolute Gasteiger partial charge is 0.311 e. The van der Waals surface area contributed by atoms with E-state index in [1.54, 1.807) is 6.20 Å². The van der Waals surface area contributed by atoms with Crippen LogP contribution in [0.25, 0.3) is 10.9 Å². The standard InChI is InChI=1S/C21H19F2NO3/c1-2-4-12-5-3-6-18-20(12)16(11-24-18)15(21(26)27)10-19(25)14-8-7-13(22)9-17(14)23/h3,5-9,11,15,24H,2,4,10H2,1H3,(H,26,27). The van der Waals surface area contributed by atoms with Gasteiger partial charge in [-0.05, 0) is 35.7 Å². The Bertz CT molecular complexity index is 1010. The molecule has 0 bridgehead atoms. The molecule has 0 aliphatic heterocycles. The van der Waals surface area contributed by atoms with E-state index in [9.17, 15) is 23.5 Å². The number of rotatable bonds is 7. The van der Waals surface area contributed by atoms with Crippen molar-refractivity contribution in [1.82, 2.24) is 4.98 Å². The SMILES string of the molecule is CCCc1cccc2[nH]cc(C(CC(=O)c3ccc(F)cc3F)C(=O)O)c12. The number of nitrogens with one attached hydrogen (secondary N) is 1. The number of carbonyl (C=O) groups excluding carboxylic acids is 1. The Morgan fingerprint density at radius 3 is 2.63 bits per heavy atom. The fourth-order valence-corrected chi connectivity index (χ4v) is 3.38. The third-order valence-corrected chi connectivity index (χ3v) is 4.64. The van der Waals surface area contributed by atoms with E-state index in [2.05, 4.69) is 4.98 Å². The molecule has 1 aromatic heterocycles. The minimum absolute atomic E-state index is 0.309. The Labute approximate surface area is 154 Å². The highest BCUT2D eigenvalue weighted by atomic mass is 19.1. The van der Waals surface area contributed by atoms with E-state index in [4.69, 9.17) is 0 Å². The molecule has 1 unspecified atom stereocenters. The zero-order valence-electron chi connectivity index (χ0n) is 14.8. The average Bonchev–Trinajstić information content (AvgIpc) is 3.04. The highest BCUT2D eigenvalue weighted by Crippen LogP contribution is 2.32. The number of halogens is 2. The van der Waals surface area contributed by atoms with Crippen molar-refractivity contribution in [2.24, 2.45) is 0 Å². The number of hydrogen-bond acceptors (Lipinski definition) is 2. The molecule has 0 saturated carbocycles. The van der Waals surface area contributed by atoms with Gasteiger partial charge in [0.25, 0.3) is 0 Å². The van der Waals surface area contributed by atoms with E-state index in [-0.39, 0.29) is 5.56 Å². The minimum atomic E-state index is -1.17. The van der Waals surface area contributed by atoms with Crippen LogP contribution in [-0.2, 0) is 11.2 Å². The molecule has 6 heteroatoms. The Hall–Kier alpha value is -3.02. The molecule has 140 valence electrons. The lowest BCUT2D eigenvalue weighted by atomic mass is 9.89. The summed E-state index contributed by atoms with van der Waals surface area (Å²) in [7, 11) is 0. The molecule has 1 heterocycles. The first-order chi connectivity index (χ1) is 12.9. The Balaban J connectivity index is 2.00. The number of aromatic amines is 1. The van der Waals surface area contributed by atoms with Crippen LogP contribution in [-0.4, -0.2) is 21.8 Å². The molecule has 4 nitrogen and oxygen atoms in total. The topological polar surface area (TPSA) is 70.2 Å². The third-order valence-electron chi connectivity index (χ3n) is 4.64. The molecule has 27 heavy (non-hydrogen) atoms. The van der Waals surface area contributed by atoms with Crippen molar-refractivity contribution in [2.45, 2.75) is 32.1 Å². The number of Topliss-reactive ketones (excluding diaryl/α,β-unsaturated/α-hetero) is 1. The quantitative estimate of drug-likeness (QED) is 0.584. The third kappa shape index (κ3) is 3.74. The van der Waals surface area contributed by atoms with Gasteiger partial charge >= 0.3 is 5.97 Å². The first kappa shape index (κ1) is 18.8. The number of hydrogen-bond donors (Lipinski definition) is 2. The van der Waals surface area contributed by atoms with E-state index < -0.39 is 35.7 Å². The fourth-order valence-electron chi connectivity index (χ4n) is 3.38. The van der Waals surface area contributed by atoms with Crippen LogP contribution in [0.5, 0.6) is 0 Å². The second-order valence-corrected chi connectivity index (χ2v) is 6.48. The maximum absolute atomic E-state index is 13.9. The molecular formula is C21H19F2NO3. The predicted octanol–water partition coefficient (Wildman–Crippen LogP) is 4.84. The van der Waals surface area contributed by atoms with Crippen molar-refractivity contribution in [3.05, 3.63) is 70.9 Å². The van der Waals surface area contributed by atoms with E-state index in [1.165, 1.54) is 0 Å². The monoisotopic (exact) mass is 371 g/mol. The van der Waals surface area contributed by atoms with E-state index in [0.29, 0.717) is 11.6 Å². The number of aryl methyl sites for hydroxylation is 1. The van der Waals surface area contributed by atoms with E-state index in [0.717, 1.165) is 41.4 Å². The summed E-state index contributed by atoms with van der Waals surface area (Å²) in [6.45, 7) is 2.03. The predicted molar refractivity (Wildman–Crippen MR) is 98.0 cm³/mol. The molecule has 2 aromatic carbocycles. The number of benzene rings is 2. The van der Waals surface area contributed by atoms with Crippen LogP contribution < -0.4 is 0 Å². The molecule has 3 aromatic rings. The van der Waals surface area contributed by atoms with Crippen LogP contribution in [0.4, 0.5) is 8.78 Å². The molecule has 2 N–H and O–H groups in total. The summed E-state index contributed by atoms with van der Waals surface area (Å²) in [5, 5.41) is 10.5. The molecule has 0 spiro atoms. The van der Waals surface area contributed by atoms with Crippen LogP contribution >= 0.6 is 0 Å². The molecule has 0 saturated heterocycles. The lowest BCUT2D eigenvalue weighted by Crippen LogP contribution is -2.17. The maximum Gasteiger partial charge on any atom is 0.311 e. The highest BCUT2D eigenvalue weighted by Gasteiger charge is 2.28. The normalized spacial score (nSPS) is 12.3. The summed E-state index contributed by atoms with van der Waals surface area (Å²) in [5.74, 6) is -4.76. The van der Waals surface area contributed by atoms with Crippen LogP contribution in [0.15, 0.2) is 42.6 Å². The second-order valence-electron chi connectivity index (χ2n) is 6.48. The number of carboxylic acids is 1. The molecule has 3 rings (SSSR count). The molecule has 0 radical (unpaired) electrons. The van der Waals surface area contributed by atoms with Gasteiger partial charge in [0.2, 0.25) is 0 Å². The van der Waals surface area contributed by atoms with Gasteiger partial charge in [0.05, 0.1) is 11.5 Å². The van der Waals surface area contributed by atoms with Gasteiger partial charge in [-0.3, -0.25) is 9.59 Å². The largest absolute Gasteiger partial charge is 0.481 e.